The van der Waals surface area contributed by atoms with E-state index in [4.69, 9.17) is 13.9 Å². The molecule has 0 N–H and O–H groups in total. The van der Waals surface area contributed by atoms with Crippen LogP contribution in [0.4, 0.5) is 0 Å². The number of aromatic nitrogens is 1. The van der Waals surface area contributed by atoms with Crippen molar-refractivity contribution >= 4 is 0 Å². The Bertz CT molecular complexity index is 892. The number of methoxy groups -OCH3 is 2. The summed E-state index contributed by atoms with van der Waals surface area (Å²) in [4.78, 5) is 6.91. The average Bonchev–Trinajstić information content (AvgIpc) is 3.38. The first-order chi connectivity index (χ1) is 13.3. The van der Waals surface area contributed by atoms with Gasteiger partial charge in [-0.05, 0) is 37.1 Å². The zero-order valence-electron chi connectivity index (χ0n) is 15.7. The molecule has 0 spiro atoms. The molecule has 1 saturated heterocycles. The molecule has 1 aromatic heterocycles. The summed E-state index contributed by atoms with van der Waals surface area (Å²) in [6.45, 7) is 1.73. The van der Waals surface area contributed by atoms with Crippen molar-refractivity contribution in [3.8, 4) is 22.8 Å². The zero-order valence-corrected chi connectivity index (χ0v) is 15.7. The van der Waals surface area contributed by atoms with E-state index in [2.05, 4.69) is 22.0 Å². The highest BCUT2D eigenvalue weighted by Crippen LogP contribution is 2.37. The molecule has 1 aliphatic heterocycles. The van der Waals surface area contributed by atoms with Gasteiger partial charge >= 0.3 is 0 Å². The number of hydrogen-bond acceptors (Lipinski definition) is 5. The van der Waals surface area contributed by atoms with Gasteiger partial charge in [0.25, 0.3) is 0 Å². The van der Waals surface area contributed by atoms with Crippen molar-refractivity contribution in [3.63, 3.8) is 0 Å². The molecule has 27 heavy (non-hydrogen) atoms. The first kappa shape index (κ1) is 17.6. The topological polar surface area (TPSA) is 47.7 Å². The van der Waals surface area contributed by atoms with Crippen molar-refractivity contribution in [2.24, 2.45) is 0 Å². The molecule has 0 radical (unpaired) electrons. The van der Waals surface area contributed by atoms with Crippen LogP contribution >= 0.6 is 0 Å². The van der Waals surface area contributed by atoms with E-state index in [1.807, 2.05) is 42.6 Å². The van der Waals surface area contributed by atoms with Gasteiger partial charge in [0.1, 0.15) is 0 Å². The monoisotopic (exact) mass is 364 g/mol. The number of likely N-dealkylation sites (tertiary alicyclic amines) is 1. The van der Waals surface area contributed by atoms with Crippen LogP contribution < -0.4 is 9.47 Å². The van der Waals surface area contributed by atoms with Gasteiger partial charge < -0.3 is 13.9 Å². The Kier molecular flexibility index (Phi) is 5.12. The second-order valence-corrected chi connectivity index (χ2v) is 6.73. The molecule has 0 saturated carbocycles. The molecule has 1 atom stereocenters. The van der Waals surface area contributed by atoms with Crippen molar-refractivity contribution in [3.05, 3.63) is 66.2 Å². The summed E-state index contributed by atoms with van der Waals surface area (Å²) in [6.07, 6.45) is 4.08. The number of oxazole rings is 1. The van der Waals surface area contributed by atoms with Crippen molar-refractivity contribution in [2.75, 3.05) is 20.8 Å². The third-order valence-corrected chi connectivity index (χ3v) is 5.11. The maximum absolute atomic E-state index is 6.00. The SMILES string of the molecule is COc1ccc([C@H]2CCCN2Cc2ncc(-c3ccccc3)o2)cc1OC. The Morgan fingerprint density at radius 2 is 1.89 bits per heavy atom. The molecule has 5 nitrogen and oxygen atoms in total. The van der Waals surface area contributed by atoms with Crippen LogP contribution in [0.2, 0.25) is 0 Å². The lowest BCUT2D eigenvalue weighted by Crippen LogP contribution is -2.23. The fourth-order valence-electron chi connectivity index (χ4n) is 3.75. The van der Waals surface area contributed by atoms with Gasteiger partial charge in [-0.3, -0.25) is 4.90 Å². The molecule has 3 aromatic rings. The minimum Gasteiger partial charge on any atom is -0.493 e. The van der Waals surface area contributed by atoms with Crippen molar-refractivity contribution in [1.82, 2.24) is 9.88 Å². The lowest BCUT2D eigenvalue weighted by molar-refractivity contribution is 0.224. The fourth-order valence-corrected chi connectivity index (χ4v) is 3.75. The molecule has 2 heterocycles. The summed E-state index contributed by atoms with van der Waals surface area (Å²) in [5, 5.41) is 0. The summed E-state index contributed by atoms with van der Waals surface area (Å²) < 4.78 is 16.8. The van der Waals surface area contributed by atoms with Crippen LogP contribution in [0.1, 0.15) is 30.3 Å². The predicted octanol–water partition coefficient (Wildman–Crippen LogP) is 4.70. The molecule has 0 unspecified atom stereocenters. The minimum absolute atomic E-state index is 0.330. The molecule has 2 aromatic carbocycles. The van der Waals surface area contributed by atoms with Gasteiger partial charge in [-0.15, -0.1) is 0 Å². The van der Waals surface area contributed by atoms with Gasteiger partial charge in [0, 0.05) is 11.6 Å². The van der Waals surface area contributed by atoms with Crippen LogP contribution in [0.25, 0.3) is 11.3 Å². The molecule has 5 heteroatoms. The van der Waals surface area contributed by atoms with Crippen molar-refractivity contribution in [2.45, 2.75) is 25.4 Å². The maximum atomic E-state index is 6.00. The molecule has 0 bridgehead atoms. The molecule has 1 fully saturated rings. The second-order valence-electron chi connectivity index (χ2n) is 6.73. The van der Waals surface area contributed by atoms with Crippen molar-refractivity contribution in [1.29, 1.82) is 0 Å². The highest BCUT2D eigenvalue weighted by Gasteiger charge is 2.28. The quantitative estimate of drug-likeness (QED) is 0.635. The Balaban J connectivity index is 1.52. The number of benzene rings is 2. The average molecular weight is 364 g/mol. The highest BCUT2D eigenvalue weighted by molar-refractivity contribution is 5.55. The summed E-state index contributed by atoms with van der Waals surface area (Å²) in [6, 6.07) is 16.6. The van der Waals surface area contributed by atoms with E-state index in [0.717, 1.165) is 48.1 Å². The van der Waals surface area contributed by atoms with E-state index in [0.29, 0.717) is 12.6 Å². The highest BCUT2D eigenvalue weighted by atomic mass is 16.5. The Morgan fingerprint density at radius 1 is 1.07 bits per heavy atom. The Hall–Kier alpha value is -2.79. The lowest BCUT2D eigenvalue weighted by Gasteiger charge is -2.24. The van der Waals surface area contributed by atoms with E-state index in [-0.39, 0.29) is 0 Å². The number of ether oxygens (including phenoxy) is 2. The van der Waals surface area contributed by atoms with E-state index >= 15 is 0 Å². The van der Waals surface area contributed by atoms with Gasteiger partial charge in [-0.1, -0.05) is 36.4 Å². The van der Waals surface area contributed by atoms with Gasteiger partial charge in [-0.2, -0.15) is 0 Å². The Labute approximate surface area is 159 Å². The van der Waals surface area contributed by atoms with E-state index in [1.165, 1.54) is 5.56 Å². The van der Waals surface area contributed by atoms with Crippen molar-refractivity contribution < 1.29 is 13.9 Å². The minimum atomic E-state index is 0.330. The van der Waals surface area contributed by atoms with Gasteiger partial charge in [-0.25, -0.2) is 4.98 Å². The number of rotatable bonds is 6. The van der Waals surface area contributed by atoms with E-state index in [1.54, 1.807) is 14.2 Å². The lowest BCUT2D eigenvalue weighted by atomic mass is 10.0. The summed E-state index contributed by atoms with van der Waals surface area (Å²) in [7, 11) is 3.33. The molecule has 140 valence electrons. The van der Waals surface area contributed by atoms with Gasteiger partial charge in [0.15, 0.2) is 17.3 Å². The van der Waals surface area contributed by atoms with Crippen LogP contribution in [0.15, 0.2) is 59.1 Å². The maximum Gasteiger partial charge on any atom is 0.209 e. The summed E-state index contributed by atoms with van der Waals surface area (Å²) in [5.41, 5.74) is 2.29. The number of nitrogens with zero attached hydrogens (tertiary/aromatic N) is 2. The van der Waals surface area contributed by atoms with Crippen LogP contribution in [0.5, 0.6) is 11.5 Å². The molecule has 1 aliphatic rings. The van der Waals surface area contributed by atoms with Gasteiger partial charge in [0.2, 0.25) is 5.89 Å². The molecule has 0 amide bonds. The standard InChI is InChI=1S/C22H24N2O3/c1-25-19-11-10-17(13-20(19)26-2)18-9-6-12-24(18)15-22-23-14-21(27-22)16-7-4-3-5-8-16/h3-5,7-8,10-11,13-14,18H,6,9,12,15H2,1-2H3/t18-/m1/s1. The first-order valence-corrected chi connectivity index (χ1v) is 9.24. The van der Waals surface area contributed by atoms with Crippen LogP contribution in [-0.4, -0.2) is 30.6 Å². The fraction of sp³-hybridized carbons (Fsp3) is 0.318. The smallest absolute Gasteiger partial charge is 0.209 e. The zero-order chi connectivity index (χ0) is 18.6. The van der Waals surface area contributed by atoms with E-state index in [9.17, 15) is 0 Å². The predicted molar refractivity (Wildman–Crippen MR) is 104 cm³/mol. The second kappa shape index (κ2) is 7.84. The molecular formula is C22H24N2O3. The summed E-state index contributed by atoms with van der Waals surface area (Å²) >= 11 is 0. The Morgan fingerprint density at radius 3 is 2.67 bits per heavy atom. The van der Waals surface area contributed by atoms with Crippen LogP contribution in [0.3, 0.4) is 0 Å². The molecular weight excluding hydrogens is 340 g/mol. The van der Waals surface area contributed by atoms with Crippen LogP contribution in [-0.2, 0) is 6.54 Å². The largest absolute Gasteiger partial charge is 0.493 e. The third kappa shape index (κ3) is 3.69. The normalized spacial score (nSPS) is 17.2. The first-order valence-electron chi connectivity index (χ1n) is 9.24. The van der Waals surface area contributed by atoms with Gasteiger partial charge in [0.05, 0.1) is 27.0 Å². The van der Waals surface area contributed by atoms with Crippen LogP contribution in [0, 0.1) is 0 Å². The number of hydrogen-bond donors (Lipinski definition) is 0. The molecule has 0 aliphatic carbocycles. The summed E-state index contributed by atoms with van der Waals surface area (Å²) in [5.74, 6) is 3.09. The van der Waals surface area contributed by atoms with E-state index < -0.39 is 0 Å². The molecule has 4 rings (SSSR count). The third-order valence-electron chi connectivity index (χ3n) is 5.11.